The molecule has 22 heavy (non-hydrogen) atoms. The van der Waals surface area contributed by atoms with Gasteiger partial charge in [0.1, 0.15) is 6.17 Å². The van der Waals surface area contributed by atoms with Crippen molar-refractivity contribution < 1.29 is 0 Å². The van der Waals surface area contributed by atoms with Crippen LogP contribution in [0.15, 0.2) is 53.5 Å². The van der Waals surface area contributed by atoms with Crippen molar-refractivity contribution in [2.45, 2.75) is 25.4 Å². The van der Waals surface area contributed by atoms with E-state index in [2.05, 4.69) is 46.7 Å². The number of halogens is 1. The minimum atomic E-state index is -0.000866. The van der Waals surface area contributed by atoms with Gasteiger partial charge in [-0.2, -0.15) is 0 Å². The molecule has 114 valence electrons. The van der Waals surface area contributed by atoms with E-state index in [1.165, 1.54) is 11.1 Å². The van der Waals surface area contributed by atoms with Gasteiger partial charge in [0, 0.05) is 18.0 Å². The van der Waals surface area contributed by atoms with Crippen molar-refractivity contribution in [3.05, 3.63) is 70.2 Å². The van der Waals surface area contributed by atoms with Gasteiger partial charge in [0.15, 0.2) is 0 Å². The first-order chi connectivity index (χ1) is 10.7. The van der Waals surface area contributed by atoms with Crippen molar-refractivity contribution in [2.24, 2.45) is 10.7 Å². The second-order valence-electron chi connectivity index (χ2n) is 5.60. The van der Waals surface area contributed by atoms with Crippen molar-refractivity contribution in [2.75, 3.05) is 6.54 Å². The van der Waals surface area contributed by atoms with Crippen molar-refractivity contribution in [3.63, 3.8) is 0 Å². The van der Waals surface area contributed by atoms with Crippen LogP contribution in [0.4, 0.5) is 0 Å². The van der Waals surface area contributed by atoms with Crippen LogP contribution in [0.25, 0.3) is 0 Å². The van der Waals surface area contributed by atoms with Crippen LogP contribution in [0.5, 0.6) is 0 Å². The maximum absolute atomic E-state index is 5.90. The molecule has 1 heterocycles. The minimum Gasteiger partial charge on any atom is -0.387 e. The zero-order chi connectivity index (χ0) is 15.4. The number of benzene rings is 2. The minimum absolute atomic E-state index is 0.000866. The highest BCUT2D eigenvalue weighted by molar-refractivity contribution is 6.30. The monoisotopic (exact) mass is 313 g/mol. The second-order valence-corrected chi connectivity index (χ2v) is 6.03. The summed E-state index contributed by atoms with van der Waals surface area (Å²) in [5.74, 6) is 0.732. The van der Waals surface area contributed by atoms with Crippen molar-refractivity contribution in [1.82, 2.24) is 5.32 Å². The fraction of sp³-hybridized carbons (Fsp3) is 0.278. The average molecular weight is 314 g/mol. The quantitative estimate of drug-likeness (QED) is 0.908. The Balaban J connectivity index is 1.62. The van der Waals surface area contributed by atoms with Crippen LogP contribution in [0.3, 0.4) is 0 Å². The largest absolute Gasteiger partial charge is 0.387 e. The van der Waals surface area contributed by atoms with Crippen LogP contribution in [0, 0.1) is 0 Å². The summed E-state index contributed by atoms with van der Waals surface area (Å²) in [5, 5.41) is 4.15. The highest BCUT2D eigenvalue weighted by atomic mass is 35.5. The lowest BCUT2D eigenvalue weighted by Gasteiger charge is -2.20. The van der Waals surface area contributed by atoms with E-state index in [1.54, 1.807) is 0 Å². The van der Waals surface area contributed by atoms with E-state index in [4.69, 9.17) is 17.3 Å². The number of rotatable bonds is 4. The lowest BCUT2D eigenvalue weighted by atomic mass is 10.0. The van der Waals surface area contributed by atoms with Crippen molar-refractivity contribution >= 4 is 17.4 Å². The highest BCUT2D eigenvalue weighted by Crippen LogP contribution is 2.19. The third kappa shape index (κ3) is 3.87. The summed E-state index contributed by atoms with van der Waals surface area (Å²) in [6.07, 6.45) is 2.86. The first-order valence-corrected chi connectivity index (χ1v) is 7.97. The fourth-order valence-corrected chi connectivity index (χ4v) is 2.74. The molecule has 0 saturated carbocycles. The number of hydrogen-bond donors (Lipinski definition) is 2. The van der Waals surface area contributed by atoms with Crippen LogP contribution in [-0.4, -0.2) is 12.4 Å². The van der Waals surface area contributed by atoms with Gasteiger partial charge in [0.25, 0.3) is 0 Å². The van der Waals surface area contributed by atoms with Gasteiger partial charge in [-0.05, 0) is 41.7 Å². The van der Waals surface area contributed by atoms with Crippen LogP contribution in [-0.2, 0) is 12.8 Å². The Morgan fingerprint density at radius 2 is 1.59 bits per heavy atom. The SMILES string of the molecule is NC1=NC(c2ccc(CCc3ccc(Cl)cc3)cc2)NCC1. The number of nitrogens with one attached hydrogen (secondary N) is 1. The van der Waals surface area contributed by atoms with E-state index < -0.39 is 0 Å². The van der Waals surface area contributed by atoms with Gasteiger partial charge in [-0.1, -0.05) is 48.0 Å². The zero-order valence-corrected chi connectivity index (χ0v) is 13.2. The number of amidine groups is 1. The van der Waals surface area contributed by atoms with Crippen LogP contribution in [0.1, 0.15) is 29.3 Å². The Kier molecular flexibility index (Phi) is 4.76. The molecule has 0 radical (unpaired) electrons. The molecule has 2 aromatic carbocycles. The van der Waals surface area contributed by atoms with E-state index in [1.807, 2.05) is 12.1 Å². The van der Waals surface area contributed by atoms with Gasteiger partial charge in [0.05, 0.1) is 5.84 Å². The number of nitrogens with two attached hydrogens (primary N) is 1. The van der Waals surface area contributed by atoms with Gasteiger partial charge < -0.3 is 5.73 Å². The Bertz CT molecular complexity index is 647. The summed E-state index contributed by atoms with van der Waals surface area (Å²) >= 11 is 5.90. The molecule has 3 N–H and O–H groups in total. The summed E-state index contributed by atoms with van der Waals surface area (Å²) in [5.41, 5.74) is 9.61. The standard InChI is InChI=1S/C18H20ClN3/c19-16-9-5-14(6-10-16)2-1-13-3-7-15(8-4-13)18-21-12-11-17(20)22-18/h3-10,18,21H,1-2,11-12H2,(H2,20,22). The molecule has 0 amide bonds. The molecule has 0 aliphatic carbocycles. The van der Waals surface area contributed by atoms with Gasteiger partial charge in [-0.15, -0.1) is 0 Å². The summed E-state index contributed by atoms with van der Waals surface area (Å²) in [4.78, 5) is 4.45. The lowest BCUT2D eigenvalue weighted by Crippen LogP contribution is -2.32. The smallest absolute Gasteiger partial charge is 0.127 e. The summed E-state index contributed by atoms with van der Waals surface area (Å²) in [6, 6.07) is 16.7. The van der Waals surface area contributed by atoms with Crippen molar-refractivity contribution in [1.29, 1.82) is 0 Å². The second kappa shape index (κ2) is 6.95. The van der Waals surface area contributed by atoms with E-state index in [0.717, 1.165) is 42.2 Å². The lowest BCUT2D eigenvalue weighted by molar-refractivity contribution is 0.539. The van der Waals surface area contributed by atoms with Crippen LogP contribution in [0.2, 0.25) is 5.02 Å². The normalized spacial score (nSPS) is 18.0. The number of aryl methyl sites for hydroxylation is 2. The molecule has 4 heteroatoms. The van der Waals surface area contributed by atoms with Crippen LogP contribution < -0.4 is 11.1 Å². The molecule has 1 unspecified atom stereocenters. The number of aliphatic imine (C=N–C) groups is 1. The van der Waals surface area contributed by atoms with Gasteiger partial charge in [-0.25, -0.2) is 4.99 Å². The first kappa shape index (κ1) is 15.1. The number of nitrogens with zero attached hydrogens (tertiary/aromatic N) is 1. The van der Waals surface area contributed by atoms with E-state index in [0.29, 0.717) is 0 Å². The Hall–Kier alpha value is -1.84. The summed E-state index contributed by atoms with van der Waals surface area (Å²) < 4.78 is 0. The van der Waals surface area contributed by atoms with Crippen molar-refractivity contribution in [3.8, 4) is 0 Å². The van der Waals surface area contributed by atoms with Gasteiger partial charge in [-0.3, -0.25) is 5.32 Å². The molecule has 0 saturated heterocycles. The summed E-state index contributed by atoms with van der Waals surface area (Å²) in [6.45, 7) is 0.887. The van der Waals surface area contributed by atoms with Gasteiger partial charge >= 0.3 is 0 Å². The highest BCUT2D eigenvalue weighted by Gasteiger charge is 2.14. The molecule has 0 spiro atoms. The Morgan fingerprint density at radius 3 is 2.18 bits per heavy atom. The van der Waals surface area contributed by atoms with Gasteiger partial charge in [0.2, 0.25) is 0 Å². The molecule has 1 aliphatic heterocycles. The molecule has 0 aromatic heterocycles. The van der Waals surface area contributed by atoms with E-state index in [-0.39, 0.29) is 6.17 Å². The zero-order valence-electron chi connectivity index (χ0n) is 12.4. The molecule has 3 nitrogen and oxygen atoms in total. The molecule has 2 aromatic rings. The molecule has 0 bridgehead atoms. The molecule has 0 fully saturated rings. The van der Waals surface area contributed by atoms with E-state index >= 15 is 0 Å². The Morgan fingerprint density at radius 1 is 1.00 bits per heavy atom. The topological polar surface area (TPSA) is 50.4 Å². The molecule has 1 atom stereocenters. The predicted octanol–water partition coefficient (Wildman–Crippen LogP) is 3.47. The van der Waals surface area contributed by atoms with Crippen LogP contribution >= 0.6 is 11.6 Å². The Labute approximate surface area is 136 Å². The molecule has 1 aliphatic rings. The third-order valence-electron chi connectivity index (χ3n) is 3.92. The first-order valence-electron chi connectivity index (χ1n) is 7.59. The molecule has 3 rings (SSSR count). The molecular formula is C18H20ClN3. The summed E-state index contributed by atoms with van der Waals surface area (Å²) in [7, 11) is 0. The fourth-order valence-electron chi connectivity index (χ4n) is 2.61. The maximum Gasteiger partial charge on any atom is 0.127 e. The molecular weight excluding hydrogens is 294 g/mol. The average Bonchev–Trinajstić information content (AvgIpc) is 2.55. The number of hydrogen-bond acceptors (Lipinski definition) is 3. The predicted molar refractivity (Wildman–Crippen MR) is 92.3 cm³/mol. The third-order valence-corrected chi connectivity index (χ3v) is 4.18. The maximum atomic E-state index is 5.90. The van der Waals surface area contributed by atoms with E-state index in [9.17, 15) is 0 Å².